The standard InChI is InChI=1S/C23H20BrClN2O/c1-15-12-19(10-11-20(15)25)28-16(2)23-26-21-8-3-4-9-22(21)27(23)14-17-6-5-7-18(24)13-17/h3-13,16H,14H2,1-2H3. The summed E-state index contributed by atoms with van der Waals surface area (Å²) >= 11 is 9.70. The lowest BCUT2D eigenvalue weighted by Gasteiger charge is -2.17. The van der Waals surface area contributed by atoms with E-state index in [-0.39, 0.29) is 6.10 Å². The molecule has 0 saturated carbocycles. The molecule has 142 valence electrons. The Morgan fingerprint density at radius 1 is 1.07 bits per heavy atom. The minimum absolute atomic E-state index is 0.208. The van der Waals surface area contributed by atoms with Crippen LogP contribution in [0.3, 0.4) is 0 Å². The summed E-state index contributed by atoms with van der Waals surface area (Å²) in [6.45, 7) is 4.73. The average molecular weight is 456 g/mol. The molecule has 5 heteroatoms. The molecule has 0 aliphatic rings. The Bertz CT molecular complexity index is 1140. The van der Waals surface area contributed by atoms with Gasteiger partial charge in [0.1, 0.15) is 5.75 Å². The molecule has 0 spiro atoms. The van der Waals surface area contributed by atoms with E-state index in [1.165, 1.54) is 5.56 Å². The van der Waals surface area contributed by atoms with Crippen LogP contribution in [0.2, 0.25) is 5.02 Å². The number of aromatic nitrogens is 2. The highest BCUT2D eigenvalue weighted by atomic mass is 79.9. The molecule has 0 fully saturated rings. The van der Waals surface area contributed by atoms with Crippen molar-refractivity contribution in [2.75, 3.05) is 0 Å². The molecule has 1 atom stereocenters. The highest BCUT2D eigenvalue weighted by Gasteiger charge is 2.18. The highest BCUT2D eigenvalue weighted by Crippen LogP contribution is 2.28. The van der Waals surface area contributed by atoms with Crippen molar-refractivity contribution in [3.05, 3.63) is 93.2 Å². The second-order valence-electron chi connectivity index (χ2n) is 6.85. The summed E-state index contributed by atoms with van der Waals surface area (Å²) in [7, 11) is 0. The van der Waals surface area contributed by atoms with Crippen LogP contribution in [0.25, 0.3) is 11.0 Å². The third kappa shape index (κ3) is 3.94. The van der Waals surface area contributed by atoms with Crippen molar-refractivity contribution >= 4 is 38.6 Å². The van der Waals surface area contributed by atoms with Crippen LogP contribution in [0.5, 0.6) is 5.75 Å². The molecule has 28 heavy (non-hydrogen) atoms. The molecule has 4 rings (SSSR count). The lowest BCUT2D eigenvalue weighted by molar-refractivity contribution is 0.212. The SMILES string of the molecule is Cc1cc(OC(C)c2nc3ccccc3n2Cc2cccc(Br)c2)ccc1Cl. The number of rotatable bonds is 5. The van der Waals surface area contributed by atoms with E-state index in [0.29, 0.717) is 0 Å². The predicted octanol–water partition coefficient (Wildman–Crippen LogP) is 6.95. The van der Waals surface area contributed by atoms with E-state index in [4.69, 9.17) is 21.3 Å². The summed E-state index contributed by atoms with van der Waals surface area (Å²) in [5.41, 5.74) is 4.26. The molecule has 3 nitrogen and oxygen atoms in total. The second-order valence-corrected chi connectivity index (χ2v) is 8.17. The smallest absolute Gasteiger partial charge is 0.153 e. The zero-order chi connectivity index (χ0) is 19.7. The molecule has 0 radical (unpaired) electrons. The van der Waals surface area contributed by atoms with Gasteiger partial charge in [-0.15, -0.1) is 0 Å². The number of ether oxygens (including phenoxy) is 1. The first-order chi connectivity index (χ1) is 13.5. The summed E-state index contributed by atoms with van der Waals surface area (Å²) in [4.78, 5) is 4.87. The lowest BCUT2D eigenvalue weighted by Crippen LogP contribution is -2.13. The van der Waals surface area contributed by atoms with Crippen LogP contribution in [0.15, 0.2) is 71.2 Å². The quantitative estimate of drug-likeness (QED) is 0.325. The van der Waals surface area contributed by atoms with Gasteiger partial charge in [0.25, 0.3) is 0 Å². The number of nitrogens with zero attached hydrogens (tertiary/aromatic N) is 2. The van der Waals surface area contributed by atoms with Crippen molar-refractivity contribution in [1.29, 1.82) is 0 Å². The van der Waals surface area contributed by atoms with Crippen LogP contribution < -0.4 is 4.74 Å². The summed E-state index contributed by atoms with van der Waals surface area (Å²) in [5.74, 6) is 1.68. The first-order valence-corrected chi connectivity index (χ1v) is 10.3. The van der Waals surface area contributed by atoms with Crippen molar-refractivity contribution in [3.63, 3.8) is 0 Å². The Kier molecular flexibility index (Phi) is 5.42. The topological polar surface area (TPSA) is 27.1 Å². The van der Waals surface area contributed by atoms with Gasteiger partial charge in [-0.1, -0.05) is 51.8 Å². The summed E-state index contributed by atoms with van der Waals surface area (Å²) in [5, 5.41) is 0.738. The number of fused-ring (bicyclic) bond motifs is 1. The fraction of sp³-hybridized carbons (Fsp3) is 0.174. The van der Waals surface area contributed by atoms with Gasteiger partial charge in [0.15, 0.2) is 11.9 Å². The maximum Gasteiger partial charge on any atom is 0.153 e. The number of hydrogen-bond acceptors (Lipinski definition) is 2. The number of hydrogen-bond donors (Lipinski definition) is 0. The average Bonchev–Trinajstić information content (AvgIpc) is 3.04. The van der Waals surface area contributed by atoms with E-state index in [0.717, 1.165) is 44.2 Å². The molecule has 0 bridgehead atoms. The summed E-state index contributed by atoms with van der Waals surface area (Å²) in [6.07, 6.45) is -0.208. The van der Waals surface area contributed by atoms with E-state index in [1.54, 1.807) is 0 Å². The van der Waals surface area contributed by atoms with Gasteiger partial charge in [-0.05, 0) is 67.4 Å². The molecule has 4 aromatic rings. The largest absolute Gasteiger partial charge is 0.483 e. The van der Waals surface area contributed by atoms with Gasteiger partial charge in [-0.25, -0.2) is 4.98 Å². The zero-order valence-corrected chi connectivity index (χ0v) is 18.0. The van der Waals surface area contributed by atoms with E-state index >= 15 is 0 Å². The van der Waals surface area contributed by atoms with Crippen molar-refractivity contribution in [2.45, 2.75) is 26.5 Å². The van der Waals surface area contributed by atoms with E-state index in [9.17, 15) is 0 Å². The lowest BCUT2D eigenvalue weighted by atomic mass is 10.2. The minimum Gasteiger partial charge on any atom is -0.483 e. The molecular formula is C23H20BrClN2O. The highest BCUT2D eigenvalue weighted by molar-refractivity contribution is 9.10. The van der Waals surface area contributed by atoms with Crippen LogP contribution in [0, 0.1) is 6.92 Å². The van der Waals surface area contributed by atoms with Gasteiger partial charge >= 0.3 is 0 Å². The summed E-state index contributed by atoms with van der Waals surface area (Å²) < 4.78 is 9.51. The zero-order valence-electron chi connectivity index (χ0n) is 15.7. The van der Waals surface area contributed by atoms with Gasteiger partial charge < -0.3 is 9.30 Å². The van der Waals surface area contributed by atoms with E-state index in [2.05, 4.69) is 44.8 Å². The van der Waals surface area contributed by atoms with Gasteiger partial charge in [0, 0.05) is 16.0 Å². The molecule has 0 aliphatic carbocycles. The summed E-state index contributed by atoms with van der Waals surface area (Å²) in [6, 6.07) is 22.2. The number of imidazole rings is 1. The van der Waals surface area contributed by atoms with Gasteiger partial charge in [0.05, 0.1) is 11.0 Å². The third-order valence-corrected chi connectivity index (χ3v) is 5.64. The molecule has 3 aromatic carbocycles. The Morgan fingerprint density at radius 2 is 1.89 bits per heavy atom. The Balaban J connectivity index is 1.72. The van der Waals surface area contributed by atoms with Gasteiger partial charge in [-0.3, -0.25) is 0 Å². The molecule has 0 amide bonds. The molecule has 0 aliphatic heterocycles. The van der Waals surface area contributed by atoms with Crippen LogP contribution in [0.4, 0.5) is 0 Å². The maximum atomic E-state index is 6.22. The molecule has 1 unspecified atom stereocenters. The van der Waals surface area contributed by atoms with Crippen molar-refractivity contribution in [1.82, 2.24) is 9.55 Å². The fourth-order valence-electron chi connectivity index (χ4n) is 3.34. The molecule has 0 N–H and O–H groups in total. The predicted molar refractivity (Wildman–Crippen MR) is 118 cm³/mol. The van der Waals surface area contributed by atoms with E-state index in [1.807, 2.05) is 56.3 Å². The molecule has 0 saturated heterocycles. The van der Waals surface area contributed by atoms with Crippen LogP contribution in [-0.4, -0.2) is 9.55 Å². The van der Waals surface area contributed by atoms with E-state index < -0.39 is 0 Å². The number of benzene rings is 3. The monoisotopic (exact) mass is 454 g/mol. The second kappa shape index (κ2) is 7.98. The van der Waals surface area contributed by atoms with Crippen LogP contribution in [-0.2, 0) is 6.54 Å². The van der Waals surface area contributed by atoms with Crippen molar-refractivity contribution in [3.8, 4) is 5.75 Å². The van der Waals surface area contributed by atoms with Gasteiger partial charge in [-0.2, -0.15) is 0 Å². The normalized spacial score (nSPS) is 12.3. The third-order valence-electron chi connectivity index (χ3n) is 4.72. The Hall–Kier alpha value is -2.30. The molecular weight excluding hydrogens is 436 g/mol. The van der Waals surface area contributed by atoms with Crippen LogP contribution in [0.1, 0.15) is 30.0 Å². The fourth-order valence-corrected chi connectivity index (χ4v) is 3.90. The Labute approximate surface area is 178 Å². The molecule has 1 aromatic heterocycles. The number of halogens is 2. The minimum atomic E-state index is -0.208. The maximum absolute atomic E-state index is 6.22. The first-order valence-electron chi connectivity index (χ1n) is 9.13. The van der Waals surface area contributed by atoms with Crippen molar-refractivity contribution < 1.29 is 4.74 Å². The Morgan fingerprint density at radius 3 is 2.68 bits per heavy atom. The number of para-hydroxylation sites is 2. The van der Waals surface area contributed by atoms with Crippen molar-refractivity contribution in [2.24, 2.45) is 0 Å². The van der Waals surface area contributed by atoms with Gasteiger partial charge in [0.2, 0.25) is 0 Å². The molecule has 1 heterocycles. The van der Waals surface area contributed by atoms with Crippen LogP contribution >= 0.6 is 27.5 Å². The first kappa shape index (κ1) is 19.0. The number of aryl methyl sites for hydroxylation is 1.